The highest BCUT2D eigenvalue weighted by atomic mass is 32.2. The third-order valence-corrected chi connectivity index (χ3v) is 5.31. The predicted octanol–water partition coefficient (Wildman–Crippen LogP) is 1.13. The number of nitrogens with zero attached hydrogens (tertiary/aromatic N) is 2. The first-order valence-corrected chi connectivity index (χ1v) is 8.22. The summed E-state index contributed by atoms with van der Waals surface area (Å²) in [4.78, 5) is 3.74. The maximum Gasteiger partial charge on any atom is 0.243 e. The van der Waals surface area contributed by atoms with Gasteiger partial charge in [0, 0.05) is 12.2 Å². The van der Waals surface area contributed by atoms with E-state index in [2.05, 4.69) is 9.71 Å². The van der Waals surface area contributed by atoms with Crippen molar-refractivity contribution in [2.45, 2.75) is 23.8 Å². The van der Waals surface area contributed by atoms with E-state index in [-0.39, 0.29) is 16.6 Å². The average molecular weight is 283 g/mol. The van der Waals surface area contributed by atoms with Crippen LogP contribution < -0.4 is 4.72 Å². The highest BCUT2D eigenvalue weighted by molar-refractivity contribution is 7.99. The molecule has 1 aromatic heterocycles. The van der Waals surface area contributed by atoms with Gasteiger partial charge in [0.15, 0.2) is 5.69 Å². The van der Waals surface area contributed by atoms with Crippen molar-refractivity contribution in [2.24, 2.45) is 0 Å². The summed E-state index contributed by atoms with van der Waals surface area (Å²) in [7, 11) is -3.65. The van der Waals surface area contributed by atoms with Crippen LogP contribution in [0.1, 0.15) is 18.5 Å². The third kappa shape index (κ3) is 3.02. The number of hydrogen-bond donors (Lipinski definition) is 1. The standard InChI is InChI=1S/C11H13N3O2S2/c12-8-10-11(2-1-5-13-10)18(15,16)14-9-3-6-17-7-4-9/h1-2,5,9,14H,3-4,6-7H2. The summed E-state index contributed by atoms with van der Waals surface area (Å²) in [5.74, 6) is 1.93. The fraction of sp³-hybridized carbons (Fsp3) is 0.455. The van der Waals surface area contributed by atoms with Gasteiger partial charge in [-0.15, -0.1) is 0 Å². The van der Waals surface area contributed by atoms with Gasteiger partial charge in [0.2, 0.25) is 10.0 Å². The first-order valence-electron chi connectivity index (χ1n) is 5.58. The summed E-state index contributed by atoms with van der Waals surface area (Å²) in [5.41, 5.74) is -0.0600. The maximum atomic E-state index is 12.2. The second kappa shape index (κ2) is 5.69. The number of sulfonamides is 1. The van der Waals surface area contributed by atoms with Gasteiger partial charge >= 0.3 is 0 Å². The van der Waals surface area contributed by atoms with Crippen LogP contribution >= 0.6 is 11.8 Å². The fourth-order valence-corrected chi connectivity index (χ4v) is 4.31. The molecule has 0 radical (unpaired) electrons. The van der Waals surface area contributed by atoms with Crippen molar-refractivity contribution in [3.63, 3.8) is 0 Å². The van der Waals surface area contributed by atoms with Crippen molar-refractivity contribution in [1.29, 1.82) is 5.26 Å². The summed E-state index contributed by atoms with van der Waals surface area (Å²) >= 11 is 1.83. The van der Waals surface area contributed by atoms with Crippen LogP contribution in [0.3, 0.4) is 0 Å². The molecule has 0 saturated carbocycles. The minimum atomic E-state index is -3.65. The number of nitrogens with one attached hydrogen (secondary N) is 1. The monoisotopic (exact) mass is 283 g/mol. The van der Waals surface area contributed by atoms with Crippen molar-refractivity contribution in [3.05, 3.63) is 24.0 Å². The first kappa shape index (κ1) is 13.3. The Bertz CT molecular complexity index is 560. The molecule has 0 bridgehead atoms. The van der Waals surface area contributed by atoms with Crippen molar-refractivity contribution in [3.8, 4) is 6.07 Å². The Hall–Kier alpha value is -1.10. The van der Waals surface area contributed by atoms with Gasteiger partial charge in [0.05, 0.1) is 0 Å². The van der Waals surface area contributed by atoms with Crippen molar-refractivity contribution >= 4 is 21.8 Å². The van der Waals surface area contributed by atoms with E-state index in [1.807, 2.05) is 11.8 Å². The van der Waals surface area contributed by atoms with Crippen LogP contribution in [0, 0.1) is 11.3 Å². The van der Waals surface area contributed by atoms with E-state index in [1.165, 1.54) is 18.3 Å². The minimum Gasteiger partial charge on any atom is -0.244 e. The fourth-order valence-electron chi connectivity index (χ4n) is 1.79. The highest BCUT2D eigenvalue weighted by Crippen LogP contribution is 2.20. The molecule has 1 aliphatic rings. The van der Waals surface area contributed by atoms with E-state index in [0.717, 1.165) is 24.3 Å². The number of pyridine rings is 1. The lowest BCUT2D eigenvalue weighted by Gasteiger charge is -2.22. The van der Waals surface area contributed by atoms with Gasteiger partial charge in [-0.2, -0.15) is 17.0 Å². The summed E-state index contributed by atoms with van der Waals surface area (Å²) in [6.45, 7) is 0. The molecule has 0 aromatic carbocycles. The Morgan fingerprint density at radius 3 is 2.83 bits per heavy atom. The van der Waals surface area contributed by atoms with E-state index in [9.17, 15) is 8.42 Å². The van der Waals surface area contributed by atoms with Gasteiger partial charge in [-0.3, -0.25) is 0 Å². The number of thioether (sulfide) groups is 1. The van der Waals surface area contributed by atoms with Crippen LogP contribution in [-0.2, 0) is 10.0 Å². The van der Waals surface area contributed by atoms with E-state index in [0.29, 0.717) is 0 Å². The van der Waals surface area contributed by atoms with Crippen LogP contribution in [0.15, 0.2) is 23.2 Å². The van der Waals surface area contributed by atoms with Gasteiger partial charge in [-0.05, 0) is 36.5 Å². The normalized spacial score (nSPS) is 17.3. The molecule has 5 nitrogen and oxygen atoms in total. The smallest absolute Gasteiger partial charge is 0.243 e. The Morgan fingerprint density at radius 1 is 1.44 bits per heavy atom. The molecule has 1 aromatic rings. The zero-order chi connectivity index (χ0) is 13.0. The lowest BCUT2D eigenvalue weighted by molar-refractivity contribution is 0.528. The topological polar surface area (TPSA) is 82.8 Å². The largest absolute Gasteiger partial charge is 0.244 e. The quantitative estimate of drug-likeness (QED) is 0.899. The summed E-state index contributed by atoms with van der Waals surface area (Å²) in [5, 5.41) is 8.88. The molecule has 0 amide bonds. The summed E-state index contributed by atoms with van der Waals surface area (Å²) in [6, 6.07) is 4.69. The molecule has 96 valence electrons. The molecule has 18 heavy (non-hydrogen) atoms. The van der Waals surface area contributed by atoms with Crippen molar-refractivity contribution in [2.75, 3.05) is 11.5 Å². The van der Waals surface area contributed by atoms with Crippen LogP contribution in [0.5, 0.6) is 0 Å². The molecule has 1 fully saturated rings. The van der Waals surface area contributed by atoms with Gasteiger partial charge in [-0.1, -0.05) is 0 Å². The van der Waals surface area contributed by atoms with E-state index < -0.39 is 10.0 Å². The first-order chi connectivity index (χ1) is 8.63. The molecule has 0 unspecified atom stereocenters. The van der Waals surface area contributed by atoms with Gasteiger partial charge in [-0.25, -0.2) is 18.1 Å². The maximum absolute atomic E-state index is 12.2. The zero-order valence-electron chi connectivity index (χ0n) is 9.67. The third-order valence-electron chi connectivity index (χ3n) is 2.71. The van der Waals surface area contributed by atoms with Crippen molar-refractivity contribution in [1.82, 2.24) is 9.71 Å². The van der Waals surface area contributed by atoms with E-state index in [4.69, 9.17) is 5.26 Å². The Balaban J connectivity index is 2.22. The summed E-state index contributed by atoms with van der Waals surface area (Å²) in [6.07, 6.45) is 3.06. The van der Waals surface area contributed by atoms with Crippen LogP contribution in [0.2, 0.25) is 0 Å². The van der Waals surface area contributed by atoms with Crippen LogP contribution in [0.4, 0.5) is 0 Å². The lowest BCUT2D eigenvalue weighted by atomic mass is 10.2. The number of hydrogen-bond acceptors (Lipinski definition) is 5. The second-order valence-electron chi connectivity index (χ2n) is 3.97. The Labute approximate surface area is 111 Å². The number of rotatable bonds is 3. The van der Waals surface area contributed by atoms with E-state index >= 15 is 0 Å². The molecule has 1 aliphatic heterocycles. The molecular weight excluding hydrogens is 270 g/mol. The van der Waals surface area contributed by atoms with Crippen molar-refractivity contribution < 1.29 is 8.42 Å². The predicted molar refractivity (Wildman–Crippen MR) is 69.6 cm³/mol. The molecule has 7 heteroatoms. The molecule has 0 aliphatic carbocycles. The Morgan fingerprint density at radius 2 is 2.17 bits per heavy atom. The highest BCUT2D eigenvalue weighted by Gasteiger charge is 2.24. The molecule has 0 spiro atoms. The Kier molecular flexibility index (Phi) is 4.22. The SMILES string of the molecule is N#Cc1ncccc1S(=O)(=O)NC1CCSCC1. The second-order valence-corrected chi connectivity index (χ2v) is 6.88. The molecule has 1 N–H and O–H groups in total. The van der Waals surface area contributed by atoms with E-state index in [1.54, 1.807) is 6.07 Å². The average Bonchev–Trinajstić information content (AvgIpc) is 2.39. The summed E-state index contributed by atoms with van der Waals surface area (Å²) < 4.78 is 27.0. The molecular formula is C11H13N3O2S2. The van der Waals surface area contributed by atoms with Gasteiger partial charge < -0.3 is 0 Å². The number of nitriles is 1. The molecule has 0 atom stereocenters. The van der Waals surface area contributed by atoms with Crippen LogP contribution in [-0.4, -0.2) is 30.9 Å². The molecule has 1 saturated heterocycles. The number of aromatic nitrogens is 1. The molecule has 2 rings (SSSR count). The zero-order valence-corrected chi connectivity index (χ0v) is 11.3. The lowest BCUT2D eigenvalue weighted by Crippen LogP contribution is -2.37. The van der Waals surface area contributed by atoms with Gasteiger partial charge in [0.25, 0.3) is 0 Å². The molecule has 2 heterocycles. The van der Waals surface area contributed by atoms with Crippen LogP contribution in [0.25, 0.3) is 0 Å². The van der Waals surface area contributed by atoms with Gasteiger partial charge in [0.1, 0.15) is 11.0 Å². The minimum absolute atomic E-state index is 0.0364.